The zero-order valence-electron chi connectivity index (χ0n) is 22.6. The molecule has 0 saturated carbocycles. The third kappa shape index (κ3) is 7.54. The maximum absolute atomic E-state index is 15.5. The highest BCUT2D eigenvalue weighted by Gasteiger charge is 2.31. The Kier molecular flexibility index (Phi) is 9.67. The molecule has 1 saturated heterocycles. The van der Waals surface area contributed by atoms with E-state index in [0.717, 1.165) is 6.42 Å². The van der Waals surface area contributed by atoms with E-state index in [9.17, 15) is 19.1 Å². The fourth-order valence-electron chi connectivity index (χ4n) is 5.36. The molecule has 2 N–H and O–H groups in total. The Bertz CT molecular complexity index is 1440. The molecule has 3 aromatic rings. The summed E-state index contributed by atoms with van der Waals surface area (Å²) in [6.45, 7) is 2.97. The van der Waals surface area contributed by atoms with Crippen LogP contribution in [0.4, 0.5) is 14.5 Å². The number of carbonyl (C=O) groups is 2. The molecular weight excluding hydrogens is 516 g/mol. The number of carboxylic acids is 1. The van der Waals surface area contributed by atoms with Crippen molar-refractivity contribution in [2.45, 2.75) is 38.8 Å². The summed E-state index contributed by atoms with van der Waals surface area (Å²) in [6, 6.07) is 11.1. The van der Waals surface area contributed by atoms with Gasteiger partial charge < -0.3 is 15.2 Å². The van der Waals surface area contributed by atoms with Crippen LogP contribution >= 0.6 is 0 Å². The van der Waals surface area contributed by atoms with Crippen molar-refractivity contribution < 1.29 is 28.2 Å². The van der Waals surface area contributed by atoms with Crippen molar-refractivity contribution in [3.63, 3.8) is 0 Å². The zero-order valence-corrected chi connectivity index (χ0v) is 22.6. The second-order valence-electron chi connectivity index (χ2n) is 10.1. The first kappa shape index (κ1) is 29.0. The summed E-state index contributed by atoms with van der Waals surface area (Å²) in [7, 11) is 1.56. The van der Waals surface area contributed by atoms with E-state index in [-0.39, 0.29) is 30.6 Å². The number of halogens is 2. The van der Waals surface area contributed by atoms with Gasteiger partial charge in [0, 0.05) is 31.5 Å². The van der Waals surface area contributed by atoms with Gasteiger partial charge in [-0.3, -0.25) is 19.5 Å². The molecule has 2 heterocycles. The van der Waals surface area contributed by atoms with Crippen molar-refractivity contribution in [2.24, 2.45) is 11.8 Å². The predicted molar refractivity (Wildman–Crippen MR) is 149 cm³/mol. The minimum absolute atomic E-state index is 0.00247. The molecule has 0 spiro atoms. The Morgan fingerprint density at radius 3 is 2.80 bits per heavy atom. The quantitative estimate of drug-likeness (QED) is 0.338. The van der Waals surface area contributed by atoms with Crippen LogP contribution in [0.2, 0.25) is 0 Å². The third-order valence-corrected chi connectivity index (χ3v) is 7.34. The maximum Gasteiger partial charge on any atom is 0.303 e. The molecule has 1 unspecified atom stereocenters. The van der Waals surface area contributed by atoms with E-state index in [1.54, 1.807) is 37.6 Å². The topological polar surface area (TPSA) is 91.8 Å². The molecule has 1 aliphatic rings. The predicted octanol–water partition coefficient (Wildman–Crippen LogP) is 5.60. The number of carboxylic acid groups (broad SMARTS) is 1. The van der Waals surface area contributed by atoms with Crippen molar-refractivity contribution in [2.75, 3.05) is 32.1 Å². The number of hydrogen-bond donors (Lipinski definition) is 2. The first-order valence-corrected chi connectivity index (χ1v) is 13.3. The zero-order chi connectivity index (χ0) is 28.6. The largest absolute Gasteiger partial charge is 0.497 e. The van der Waals surface area contributed by atoms with Crippen molar-refractivity contribution in [1.29, 1.82) is 0 Å². The van der Waals surface area contributed by atoms with Gasteiger partial charge in [-0.05, 0) is 85.7 Å². The van der Waals surface area contributed by atoms with Crippen LogP contribution in [0.3, 0.4) is 0 Å². The summed E-state index contributed by atoms with van der Waals surface area (Å²) < 4.78 is 34.6. The number of aromatic nitrogens is 1. The average molecular weight is 550 g/mol. The summed E-state index contributed by atoms with van der Waals surface area (Å²) in [5.74, 6) is 4.91. The lowest BCUT2D eigenvalue weighted by Gasteiger charge is -2.37. The van der Waals surface area contributed by atoms with E-state index in [0.29, 0.717) is 59.5 Å². The summed E-state index contributed by atoms with van der Waals surface area (Å²) in [6.07, 6.45) is 1.97. The number of methoxy groups -OCH3 is 1. The molecule has 1 fully saturated rings. The Morgan fingerprint density at radius 1 is 1.23 bits per heavy atom. The lowest BCUT2D eigenvalue weighted by molar-refractivity contribution is -0.139. The second-order valence-corrected chi connectivity index (χ2v) is 10.1. The molecule has 0 bridgehead atoms. The molecule has 40 heavy (non-hydrogen) atoms. The second kappa shape index (κ2) is 13.4. The van der Waals surface area contributed by atoms with Gasteiger partial charge in [0.2, 0.25) is 5.91 Å². The molecule has 4 rings (SSSR count). The van der Waals surface area contributed by atoms with Crippen molar-refractivity contribution in [1.82, 2.24) is 9.88 Å². The van der Waals surface area contributed by atoms with Gasteiger partial charge >= 0.3 is 5.97 Å². The van der Waals surface area contributed by atoms with Gasteiger partial charge in [0.05, 0.1) is 30.4 Å². The number of aliphatic carboxylic acids is 1. The standard InChI is InChI=1S/C31H33F2N3O4/c1-20(37)35-29-9-6-24(32)16-22(29)4-3-14-36-15-12-21(23(19-36)17-31(38)39)5-8-28(33)26-11-13-34-30-10-7-25(40-2)18-27(26)30/h6-7,9-11,13,16,18,21,23,28H,5,8,12,14-15,17,19H2,1-2H3,(H,35,37)(H,38,39)/t21-,23+,28?/m1/s1. The molecule has 2 aromatic carbocycles. The van der Waals surface area contributed by atoms with E-state index in [1.165, 1.54) is 25.1 Å². The molecule has 7 nitrogen and oxygen atoms in total. The van der Waals surface area contributed by atoms with Gasteiger partial charge in [-0.1, -0.05) is 11.8 Å². The van der Waals surface area contributed by atoms with Crippen LogP contribution in [0.25, 0.3) is 10.9 Å². The fourth-order valence-corrected chi connectivity index (χ4v) is 5.36. The molecule has 0 radical (unpaired) electrons. The van der Waals surface area contributed by atoms with Crippen LogP contribution in [-0.4, -0.2) is 53.6 Å². The van der Waals surface area contributed by atoms with Gasteiger partial charge in [0.15, 0.2) is 0 Å². The van der Waals surface area contributed by atoms with Gasteiger partial charge in [-0.2, -0.15) is 0 Å². The van der Waals surface area contributed by atoms with E-state index in [1.807, 2.05) is 0 Å². The van der Waals surface area contributed by atoms with Gasteiger partial charge in [-0.15, -0.1) is 0 Å². The molecular formula is C31H33F2N3O4. The molecule has 0 aliphatic carbocycles. The number of benzene rings is 2. The number of piperidine rings is 1. The number of hydrogen-bond acceptors (Lipinski definition) is 5. The van der Waals surface area contributed by atoms with Crippen molar-refractivity contribution in [3.8, 4) is 17.6 Å². The number of fused-ring (bicyclic) bond motifs is 1. The van der Waals surface area contributed by atoms with Crippen LogP contribution in [0, 0.1) is 29.5 Å². The minimum Gasteiger partial charge on any atom is -0.497 e. The number of nitrogens with one attached hydrogen (secondary N) is 1. The summed E-state index contributed by atoms with van der Waals surface area (Å²) in [5.41, 5.74) is 2.07. The van der Waals surface area contributed by atoms with E-state index < -0.39 is 18.0 Å². The lowest BCUT2D eigenvalue weighted by Crippen LogP contribution is -2.41. The van der Waals surface area contributed by atoms with Crippen LogP contribution < -0.4 is 10.1 Å². The fraction of sp³-hybridized carbons (Fsp3) is 0.387. The third-order valence-electron chi connectivity index (χ3n) is 7.34. The van der Waals surface area contributed by atoms with Gasteiger partial charge in [0.25, 0.3) is 0 Å². The van der Waals surface area contributed by atoms with Gasteiger partial charge in [-0.25, -0.2) is 8.78 Å². The highest BCUT2D eigenvalue weighted by atomic mass is 19.1. The average Bonchev–Trinajstić information content (AvgIpc) is 2.92. The molecule has 1 aromatic heterocycles. The van der Waals surface area contributed by atoms with E-state index in [2.05, 4.69) is 27.0 Å². The van der Waals surface area contributed by atoms with Crippen LogP contribution in [0.15, 0.2) is 48.7 Å². The number of alkyl halides is 1. The van der Waals surface area contributed by atoms with Crippen molar-refractivity contribution in [3.05, 3.63) is 65.6 Å². The number of anilines is 1. The Balaban J connectivity index is 1.40. The molecule has 210 valence electrons. The van der Waals surface area contributed by atoms with Gasteiger partial charge in [0.1, 0.15) is 17.7 Å². The highest BCUT2D eigenvalue weighted by molar-refractivity contribution is 5.90. The number of carbonyl (C=O) groups excluding carboxylic acids is 1. The monoisotopic (exact) mass is 549 g/mol. The molecule has 9 heteroatoms. The number of likely N-dealkylation sites (tertiary alicyclic amines) is 1. The number of pyridine rings is 1. The number of ether oxygens (including phenoxy) is 1. The van der Waals surface area contributed by atoms with E-state index in [4.69, 9.17) is 4.74 Å². The smallest absolute Gasteiger partial charge is 0.303 e. The van der Waals surface area contributed by atoms with Crippen molar-refractivity contribution >= 4 is 28.5 Å². The van der Waals surface area contributed by atoms with Crippen LogP contribution in [0.1, 0.15) is 49.9 Å². The lowest BCUT2D eigenvalue weighted by atomic mass is 9.79. The molecule has 1 aliphatic heterocycles. The van der Waals surface area contributed by atoms with E-state index >= 15 is 4.39 Å². The highest BCUT2D eigenvalue weighted by Crippen LogP contribution is 2.36. The Morgan fingerprint density at radius 2 is 2.05 bits per heavy atom. The Labute approximate surface area is 232 Å². The summed E-state index contributed by atoms with van der Waals surface area (Å²) in [5, 5.41) is 12.9. The first-order valence-electron chi connectivity index (χ1n) is 13.3. The summed E-state index contributed by atoms with van der Waals surface area (Å²) in [4.78, 5) is 29.5. The normalized spacial score (nSPS) is 18.0. The van der Waals surface area contributed by atoms with Crippen LogP contribution in [0.5, 0.6) is 5.75 Å². The first-order chi connectivity index (χ1) is 19.2. The number of amides is 1. The molecule has 3 atom stereocenters. The minimum atomic E-state index is -1.21. The number of nitrogens with zero attached hydrogens (tertiary/aromatic N) is 2. The maximum atomic E-state index is 15.5. The SMILES string of the molecule is COc1ccc2nccc(C(F)CC[C@@H]3CCN(CC#Cc4cc(F)ccc4NC(C)=O)C[C@@H]3CC(=O)O)c2c1. The summed E-state index contributed by atoms with van der Waals surface area (Å²) >= 11 is 0. The van der Waals surface area contributed by atoms with Crippen LogP contribution in [-0.2, 0) is 9.59 Å². The number of rotatable bonds is 9. The molecule has 1 amide bonds. The Hall–Kier alpha value is -4.03.